The molecule has 0 aliphatic carbocycles. The molecule has 0 aliphatic rings. The number of hydrogen-bond acceptors (Lipinski definition) is 4. The summed E-state index contributed by atoms with van der Waals surface area (Å²) in [6.45, 7) is -0.0670. The van der Waals surface area contributed by atoms with Crippen LogP contribution in [0.2, 0.25) is 5.02 Å². The Balaban J connectivity index is 1.83. The number of carboxylic acid groups (broad SMARTS) is 1. The summed E-state index contributed by atoms with van der Waals surface area (Å²) in [5.74, 6) is -1.18. The van der Waals surface area contributed by atoms with E-state index in [1.807, 2.05) is 6.07 Å². The molecule has 0 radical (unpaired) electrons. The molecule has 2 N–H and O–H groups in total. The molecule has 8 heteroatoms. The maximum absolute atomic E-state index is 11.8. The summed E-state index contributed by atoms with van der Waals surface area (Å²) < 4.78 is 1.20. The van der Waals surface area contributed by atoms with Crippen LogP contribution in [0.25, 0.3) is 0 Å². The lowest BCUT2D eigenvalue weighted by Gasteiger charge is -2.03. The van der Waals surface area contributed by atoms with Gasteiger partial charge in [-0.15, -0.1) is 5.10 Å². The zero-order valence-corrected chi connectivity index (χ0v) is 11.7. The lowest BCUT2D eigenvalue weighted by atomic mass is 10.1. The molecule has 0 spiro atoms. The van der Waals surface area contributed by atoms with Crippen molar-refractivity contribution in [3.8, 4) is 0 Å². The molecule has 0 unspecified atom stereocenters. The molecule has 1 aromatic carbocycles. The predicted molar refractivity (Wildman–Crippen MR) is 74.7 cm³/mol. The summed E-state index contributed by atoms with van der Waals surface area (Å²) in [5.41, 5.74) is 1.31. The number of benzene rings is 1. The SMILES string of the molecule is O=C(O)Cn1cc(CNC(=O)Cc2cccc(Cl)c2)nn1. The molecule has 21 heavy (non-hydrogen) atoms. The Morgan fingerprint density at radius 2 is 2.19 bits per heavy atom. The molecule has 0 saturated heterocycles. The van der Waals surface area contributed by atoms with Crippen molar-refractivity contribution >= 4 is 23.5 Å². The molecule has 0 aliphatic heterocycles. The largest absolute Gasteiger partial charge is 0.480 e. The first-order valence-corrected chi connectivity index (χ1v) is 6.52. The summed E-state index contributed by atoms with van der Waals surface area (Å²) in [6, 6.07) is 7.06. The van der Waals surface area contributed by atoms with Gasteiger partial charge in [0.1, 0.15) is 12.2 Å². The van der Waals surface area contributed by atoms with Crippen LogP contribution in [-0.4, -0.2) is 32.0 Å². The minimum Gasteiger partial charge on any atom is -0.480 e. The molecular weight excluding hydrogens is 296 g/mol. The van der Waals surface area contributed by atoms with Gasteiger partial charge in [0.2, 0.25) is 5.91 Å². The molecule has 2 rings (SSSR count). The highest BCUT2D eigenvalue weighted by Gasteiger charge is 2.07. The third kappa shape index (κ3) is 4.88. The van der Waals surface area contributed by atoms with Crippen molar-refractivity contribution < 1.29 is 14.7 Å². The van der Waals surface area contributed by atoms with Gasteiger partial charge >= 0.3 is 5.97 Å². The standard InChI is InChI=1S/C13H13ClN4O3/c14-10-3-1-2-9(4-10)5-12(19)15-6-11-7-18(17-16-11)8-13(20)21/h1-4,7H,5-6,8H2,(H,15,19)(H,20,21). The van der Waals surface area contributed by atoms with E-state index in [0.29, 0.717) is 10.7 Å². The zero-order valence-electron chi connectivity index (χ0n) is 11.0. The minimum atomic E-state index is -1.00. The van der Waals surface area contributed by atoms with Crippen molar-refractivity contribution in [2.75, 3.05) is 0 Å². The van der Waals surface area contributed by atoms with Crippen LogP contribution in [0.4, 0.5) is 0 Å². The molecule has 0 bridgehead atoms. The third-order valence-electron chi connectivity index (χ3n) is 2.60. The minimum absolute atomic E-state index is 0.176. The first-order chi connectivity index (χ1) is 10.0. The number of nitrogens with one attached hydrogen (secondary N) is 1. The highest BCUT2D eigenvalue weighted by Crippen LogP contribution is 2.11. The topological polar surface area (TPSA) is 97.1 Å². The maximum Gasteiger partial charge on any atom is 0.325 e. The van der Waals surface area contributed by atoms with Crippen LogP contribution in [0.15, 0.2) is 30.5 Å². The van der Waals surface area contributed by atoms with E-state index >= 15 is 0 Å². The fourth-order valence-corrected chi connectivity index (χ4v) is 1.93. The van der Waals surface area contributed by atoms with E-state index in [-0.39, 0.29) is 25.4 Å². The number of rotatable bonds is 6. The second kappa shape index (κ2) is 6.85. The van der Waals surface area contributed by atoms with Gasteiger partial charge in [-0.1, -0.05) is 28.9 Å². The Bertz CT molecular complexity index is 656. The summed E-state index contributed by atoms with van der Waals surface area (Å²) >= 11 is 5.84. The predicted octanol–water partition coefficient (Wildman–Crippen LogP) is 0.875. The Morgan fingerprint density at radius 1 is 1.38 bits per heavy atom. The van der Waals surface area contributed by atoms with E-state index < -0.39 is 5.97 Å². The van der Waals surface area contributed by atoms with E-state index in [4.69, 9.17) is 16.7 Å². The highest BCUT2D eigenvalue weighted by atomic mass is 35.5. The van der Waals surface area contributed by atoms with Crippen molar-refractivity contribution in [3.05, 3.63) is 46.7 Å². The van der Waals surface area contributed by atoms with Crippen LogP contribution < -0.4 is 5.32 Å². The van der Waals surface area contributed by atoms with Gasteiger partial charge in [0.05, 0.1) is 19.2 Å². The van der Waals surface area contributed by atoms with Gasteiger partial charge < -0.3 is 10.4 Å². The quantitative estimate of drug-likeness (QED) is 0.825. The van der Waals surface area contributed by atoms with E-state index in [1.54, 1.807) is 18.2 Å². The third-order valence-corrected chi connectivity index (χ3v) is 2.84. The summed E-state index contributed by atoms with van der Waals surface area (Å²) in [4.78, 5) is 22.3. The van der Waals surface area contributed by atoms with Gasteiger partial charge in [-0.05, 0) is 17.7 Å². The molecule has 1 aromatic heterocycles. The van der Waals surface area contributed by atoms with Gasteiger partial charge in [-0.3, -0.25) is 9.59 Å². The van der Waals surface area contributed by atoms with E-state index in [1.165, 1.54) is 10.9 Å². The molecule has 0 fully saturated rings. The number of nitrogens with zero attached hydrogens (tertiary/aromatic N) is 3. The average Bonchev–Trinajstić information content (AvgIpc) is 2.83. The normalized spacial score (nSPS) is 10.3. The van der Waals surface area contributed by atoms with Crippen LogP contribution in [0.5, 0.6) is 0 Å². The van der Waals surface area contributed by atoms with Crippen LogP contribution in [0.3, 0.4) is 0 Å². The molecule has 0 atom stereocenters. The first kappa shape index (κ1) is 15.0. The molecule has 1 heterocycles. The molecule has 1 amide bonds. The number of carbonyl (C=O) groups excluding carboxylic acids is 1. The zero-order chi connectivity index (χ0) is 15.2. The van der Waals surface area contributed by atoms with Gasteiger partial charge in [-0.25, -0.2) is 4.68 Å². The van der Waals surface area contributed by atoms with Crippen molar-refractivity contribution in [1.82, 2.24) is 20.3 Å². The van der Waals surface area contributed by atoms with Crippen molar-refractivity contribution in [3.63, 3.8) is 0 Å². The van der Waals surface area contributed by atoms with Crippen molar-refractivity contribution in [2.45, 2.75) is 19.5 Å². The first-order valence-electron chi connectivity index (χ1n) is 6.15. The van der Waals surface area contributed by atoms with Gasteiger partial charge in [0.25, 0.3) is 0 Å². The smallest absolute Gasteiger partial charge is 0.325 e. The van der Waals surface area contributed by atoms with Crippen molar-refractivity contribution in [2.24, 2.45) is 0 Å². The number of hydrogen-bond donors (Lipinski definition) is 2. The van der Waals surface area contributed by atoms with Crippen LogP contribution >= 0.6 is 11.6 Å². The molecule has 0 saturated carbocycles. The summed E-state index contributed by atoms with van der Waals surface area (Å²) in [7, 11) is 0. The van der Waals surface area contributed by atoms with Crippen LogP contribution in [0.1, 0.15) is 11.3 Å². The molecule has 110 valence electrons. The van der Waals surface area contributed by atoms with E-state index in [2.05, 4.69) is 15.6 Å². The number of carboxylic acids is 1. The second-order valence-corrected chi connectivity index (χ2v) is 4.82. The van der Waals surface area contributed by atoms with E-state index in [0.717, 1.165) is 5.56 Å². The lowest BCUT2D eigenvalue weighted by molar-refractivity contribution is -0.138. The molecule has 7 nitrogen and oxygen atoms in total. The molecular formula is C13H13ClN4O3. The fraction of sp³-hybridized carbons (Fsp3) is 0.231. The Morgan fingerprint density at radius 3 is 2.90 bits per heavy atom. The number of aliphatic carboxylic acids is 1. The average molecular weight is 309 g/mol. The summed E-state index contributed by atoms with van der Waals surface area (Å²) in [5, 5.41) is 19.3. The Kier molecular flexibility index (Phi) is 4.89. The van der Waals surface area contributed by atoms with Gasteiger partial charge in [0, 0.05) is 5.02 Å². The number of amides is 1. The number of halogens is 1. The number of aromatic nitrogens is 3. The Hall–Kier alpha value is -2.41. The van der Waals surface area contributed by atoms with Crippen LogP contribution in [0, 0.1) is 0 Å². The van der Waals surface area contributed by atoms with Gasteiger partial charge in [0.15, 0.2) is 0 Å². The van der Waals surface area contributed by atoms with E-state index in [9.17, 15) is 9.59 Å². The monoisotopic (exact) mass is 308 g/mol. The lowest BCUT2D eigenvalue weighted by Crippen LogP contribution is -2.24. The number of carbonyl (C=O) groups is 2. The molecule has 2 aromatic rings. The van der Waals surface area contributed by atoms with Gasteiger partial charge in [-0.2, -0.15) is 0 Å². The second-order valence-electron chi connectivity index (χ2n) is 4.38. The summed E-state index contributed by atoms with van der Waals surface area (Å²) in [6.07, 6.45) is 1.69. The van der Waals surface area contributed by atoms with Crippen molar-refractivity contribution in [1.29, 1.82) is 0 Å². The maximum atomic E-state index is 11.8. The highest BCUT2D eigenvalue weighted by molar-refractivity contribution is 6.30. The fourth-order valence-electron chi connectivity index (χ4n) is 1.72. The van der Waals surface area contributed by atoms with Crippen LogP contribution in [-0.2, 0) is 29.1 Å². The Labute approximate surface area is 125 Å².